The molecular weight excluding hydrogens is 667 g/mol. The molecule has 1 aliphatic heterocycles. The zero-order valence-electron chi connectivity index (χ0n) is 29.1. The highest BCUT2D eigenvalue weighted by Gasteiger charge is 2.32. The maximum atomic E-state index is 14.4. The minimum Gasteiger partial charge on any atom is -0.490 e. The van der Waals surface area contributed by atoms with Gasteiger partial charge in [-0.1, -0.05) is 42.3 Å². The number of anilines is 1. The number of nitrogens with zero attached hydrogens (tertiary/aromatic N) is 2. The maximum absolute atomic E-state index is 14.4. The normalized spacial score (nSPS) is 20.6. The molecule has 0 fully saturated rings. The van der Waals surface area contributed by atoms with Gasteiger partial charge in [0, 0.05) is 38.3 Å². The fourth-order valence-corrected chi connectivity index (χ4v) is 7.85. The highest BCUT2D eigenvalue weighted by atomic mass is 32.2. The fourth-order valence-electron chi connectivity index (χ4n) is 5.62. The van der Waals surface area contributed by atoms with E-state index in [0.29, 0.717) is 25.2 Å². The molecule has 1 aliphatic rings. The lowest BCUT2D eigenvalue weighted by molar-refractivity contribution is -0.00833. The minimum atomic E-state index is -3.96. The molecule has 1 heterocycles. The van der Waals surface area contributed by atoms with Crippen LogP contribution >= 0.6 is 0 Å². The first-order chi connectivity index (χ1) is 23.1. The zero-order chi connectivity index (χ0) is 35.9. The van der Waals surface area contributed by atoms with Gasteiger partial charge in [-0.15, -0.1) is 0 Å². The van der Waals surface area contributed by atoms with Crippen LogP contribution in [0.4, 0.5) is 5.69 Å². The van der Waals surface area contributed by atoms with Crippen molar-refractivity contribution in [3.63, 3.8) is 0 Å². The van der Waals surface area contributed by atoms with E-state index in [-0.39, 0.29) is 52.8 Å². The monoisotopic (exact) mass is 715 g/mol. The lowest BCUT2D eigenvalue weighted by Crippen LogP contribution is -2.48. The summed E-state index contributed by atoms with van der Waals surface area (Å²) in [5.41, 5.74) is 2.18. The Bertz CT molecular complexity index is 1780. The summed E-state index contributed by atoms with van der Waals surface area (Å²) in [6, 6.07) is 17.1. The van der Waals surface area contributed by atoms with Gasteiger partial charge in [0.05, 0.1) is 40.2 Å². The third-order valence-corrected chi connectivity index (χ3v) is 12.0. The molecule has 0 saturated heterocycles. The van der Waals surface area contributed by atoms with Crippen LogP contribution in [-0.2, 0) is 24.8 Å². The molecule has 0 aliphatic carbocycles. The molecular formula is C36H49N3O8S2. The van der Waals surface area contributed by atoms with Crippen LogP contribution in [-0.4, -0.2) is 88.7 Å². The Kier molecular flexibility index (Phi) is 12.9. The minimum absolute atomic E-state index is 0.0496. The van der Waals surface area contributed by atoms with Crippen molar-refractivity contribution < 1.29 is 36.2 Å². The van der Waals surface area contributed by atoms with E-state index < -0.39 is 38.1 Å². The van der Waals surface area contributed by atoms with E-state index in [1.165, 1.54) is 34.5 Å². The van der Waals surface area contributed by atoms with E-state index in [0.717, 1.165) is 17.5 Å². The number of nitrogens with one attached hydrogen (secondary N) is 1. The summed E-state index contributed by atoms with van der Waals surface area (Å²) in [6.07, 6.45) is 1.31. The molecule has 0 unspecified atom stereocenters. The molecule has 0 spiro atoms. The van der Waals surface area contributed by atoms with Gasteiger partial charge in [0.15, 0.2) is 0 Å². The third-order valence-electron chi connectivity index (χ3n) is 8.80. The Hall–Kier alpha value is -3.49. The van der Waals surface area contributed by atoms with Crippen molar-refractivity contribution in [2.45, 2.75) is 81.9 Å². The van der Waals surface area contributed by atoms with Crippen LogP contribution < -0.4 is 9.46 Å². The number of ether oxygens (including phenoxy) is 2. The molecule has 0 aromatic heterocycles. The van der Waals surface area contributed by atoms with Gasteiger partial charge in [0.25, 0.3) is 15.9 Å². The van der Waals surface area contributed by atoms with Crippen LogP contribution in [0, 0.1) is 19.8 Å². The topological polar surface area (TPSA) is 143 Å². The summed E-state index contributed by atoms with van der Waals surface area (Å²) >= 11 is 0. The zero-order valence-corrected chi connectivity index (χ0v) is 30.8. The molecule has 4 rings (SSSR count). The summed E-state index contributed by atoms with van der Waals surface area (Å²) in [5.74, 6) is -0.529. The van der Waals surface area contributed by atoms with Gasteiger partial charge < -0.3 is 19.5 Å². The number of aliphatic hydroxyl groups excluding tert-OH is 1. The van der Waals surface area contributed by atoms with E-state index in [4.69, 9.17) is 9.47 Å². The highest BCUT2D eigenvalue weighted by molar-refractivity contribution is 7.92. The number of rotatable bonds is 9. The number of sulfonamides is 2. The van der Waals surface area contributed by atoms with Crippen LogP contribution in [0.2, 0.25) is 0 Å². The number of aliphatic hydroxyl groups is 1. The first-order valence-corrected chi connectivity index (χ1v) is 19.5. The lowest BCUT2D eigenvalue weighted by Gasteiger charge is -2.35. The second kappa shape index (κ2) is 16.5. The Labute approximate surface area is 291 Å². The van der Waals surface area contributed by atoms with Gasteiger partial charge in [-0.05, 0) is 89.4 Å². The maximum Gasteiger partial charge on any atom is 0.261 e. The molecule has 268 valence electrons. The van der Waals surface area contributed by atoms with Gasteiger partial charge in [-0.2, -0.15) is 4.31 Å². The van der Waals surface area contributed by atoms with Crippen LogP contribution in [0.15, 0.2) is 76.5 Å². The lowest BCUT2D eigenvalue weighted by atomic mass is 10.0. The first kappa shape index (κ1) is 38.3. The van der Waals surface area contributed by atoms with Crippen molar-refractivity contribution in [2.75, 3.05) is 38.1 Å². The highest BCUT2D eigenvalue weighted by Crippen LogP contribution is 2.30. The SMILES string of the molecule is Cc1ccc(S(=O)(=O)Nc2ccc3c(c2)C(=O)N([C@H](C)CO)C[C@@H](C)[C@H](CN(C)S(=O)(=O)c2ccc(C)cc2)OCCCC[C@@H](C)O3)cc1. The number of hydrogen-bond donors (Lipinski definition) is 2. The largest absolute Gasteiger partial charge is 0.490 e. The number of aryl methyl sites for hydroxylation is 2. The fraction of sp³-hybridized carbons (Fsp3) is 0.472. The number of likely N-dealkylation sites (N-methyl/N-ethyl adjacent to an activating group) is 1. The molecule has 1 amide bonds. The number of benzene rings is 3. The third kappa shape index (κ3) is 9.82. The molecule has 0 radical (unpaired) electrons. The van der Waals surface area contributed by atoms with Crippen LogP contribution in [0.25, 0.3) is 0 Å². The molecule has 11 nitrogen and oxygen atoms in total. The molecule has 0 bridgehead atoms. The summed E-state index contributed by atoms with van der Waals surface area (Å²) in [5, 5.41) is 10.2. The molecule has 3 aromatic carbocycles. The number of fused-ring (bicyclic) bond motifs is 1. The average molecular weight is 716 g/mol. The second-order valence-electron chi connectivity index (χ2n) is 13.0. The van der Waals surface area contributed by atoms with E-state index in [9.17, 15) is 26.7 Å². The van der Waals surface area contributed by atoms with Crippen molar-refractivity contribution in [3.8, 4) is 5.75 Å². The molecule has 0 saturated carbocycles. The van der Waals surface area contributed by atoms with E-state index in [1.54, 1.807) is 55.5 Å². The average Bonchev–Trinajstić information content (AvgIpc) is 3.06. The molecule has 4 atom stereocenters. The van der Waals surface area contributed by atoms with Crippen LogP contribution in [0.1, 0.15) is 61.5 Å². The van der Waals surface area contributed by atoms with Gasteiger partial charge in [-0.3, -0.25) is 9.52 Å². The molecule has 49 heavy (non-hydrogen) atoms. The van der Waals surface area contributed by atoms with Crippen molar-refractivity contribution in [1.82, 2.24) is 9.21 Å². The number of carbonyl (C=O) groups excluding carboxylic acids is 1. The Morgan fingerprint density at radius 3 is 2.16 bits per heavy atom. The second-order valence-corrected chi connectivity index (χ2v) is 16.8. The summed E-state index contributed by atoms with van der Waals surface area (Å²) in [4.78, 5) is 16.2. The smallest absolute Gasteiger partial charge is 0.261 e. The van der Waals surface area contributed by atoms with Crippen molar-refractivity contribution >= 4 is 31.6 Å². The summed E-state index contributed by atoms with van der Waals surface area (Å²) in [6.45, 7) is 9.49. The van der Waals surface area contributed by atoms with Gasteiger partial charge in [0.2, 0.25) is 10.0 Å². The molecule has 13 heteroatoms. The van der Waals surface area contributed by atoms with Gasteiger partial charge in [0.1, 0.15) is 5.75 Å². The Morgan fingerprint density at radius 2 is 1.55 bits per heavy atom. The van der Waals surface area contributed by atoms with Crippen molar-refractivity contribution in [1.29, 1.82) is 0 Å². The molecule has 2 N–H and O–H groups in total. The van der Waals surface area contributed by atoms with E-state index in [2.05, 4.69) is 4.72 Å². The summed E-state index contributed by atoms with van der Waals surface area (Å²) < 4.78 is 69.8. The molecule has 3 aromatic rings. The van der Waals surface area contributed by atoms with E-state index in [1.807, 2.05) is 27.7 Å². The standard InChI is InChI=1S/C36H49N3O8S2/c1-25-10-15-31(16-11-25)48(42,43)37-30-14-19-34-33(21-30)36(41)39(28(4)24-40)22-27(3)35(46-20-8-7-9-29(5)47-34)23-38(6)49(44,45)32-17-12-26(2)13-18-32/h10-19,21,27-29,35,37,40H,7-9,20,22-24H2,1-6H3/t27-,28-,29-,35+/m1/s1. The number of carbonyl (C=O) groups is 1. The first-order valence-electron chi connectivity index (χ1n) is 16.6. The van der Waals surface area contributed by atoms with Gasteiger partial charge in [-0.25, -0.2) is 16.8 Å². The quantitative estimate of drug-likeness (QED) is 0.307. The number of hydrogen-bond acceptors (Lipinski definition) is 8. The number of amides is 1. The Balaban J connectivity index is 1.67. The van der Waals surface area contributed by atoms with Crippen molar-refractivity contribution in [3.05, 3.63) is 83.4 Å². The predicted octanol–water partition coefficient (Wildman–Crippen LogP) is 5.22. The van der Waals surface area contributed by atoms with Crippen LogP contribution in [0.3, 0.4) is 0 Å². The summed E-state index contributed by atoms with van der Waals surface area (Å²) in [7, 11) is -6.25. The van der Waals surface area contributed by atoms with E-state index >= 15 is 0 Å². The Morgan fingerprint density at radius 1 is 0.939 bits per heavy atom. The van der Waals surface area contributed by atoms with Gasteiger partial charge >= 0.3 is 0 Å². The van der Waals surface area contributed by atoms with Crippen molar-refractivity contribution in [2.24, 2.45) is 5.92 Å². The van der Waals surface area contributed by atoms with Crippen LogP contribution in [0.5, 0.6) is 5.75 Å². The predicted molar refractivity (Wildman–Crippen MR) is 190 cm³/mol.